The number of rotatable bonds is 4. The second-order valence-corrected chi connectivity index (χ2v) is 4.16. The molecule has 2 rings (SSSR count). The summed E-state index contributed by atoms with van der Waals surface area (Å²) in [7, 11) is 0. The maximum absolute atomic E-state index is 12.0. The van der Waals surface area contributed by atoms with Crippen LogP contribution >= 0.6 is 15.9 Å². The van der Waals surface area contributed by atoms with Gasteiger partial charge in [-0.25, -0.2) is 4.98 Å². The number of hydrogen-bond donors (Lipinski definition) is 0. The van der Waals surface area contributed by atoms with E-state index >= 15 is 0 Å². The molecule has 0 atom stereocenters. The van der Waals surface area contributed by atoms with E-state index in [0.29, 0.717) is 16.3 Å². The van der Waals surface area contributed by atoms with Gasteiger partial charge >= 0.3 is 0 Å². The number of carbonyl (C=O) groups excluding carboxylic acids is 1. The number of aryl methyl sites for hydroxylation is 1. The van der Waals surface area contributed by atoms with E-state index in [4.69, 9.17) is 4.42 Å². The van der Waals surface area contributed by atoms with Gasteiger partial charge in [0, 0.05) is 18.9 Å². The van der Waals surface area contributed by atoms with Gasteiger partial charge in [0.05, 0.1) is 0 Å². The van der Waals surface area contributed by atoms with E-state index in [9.17, 15) is 4.79 Å². The Bertz CT molecular complexity index is 502. The van der Waals surface area contributed by atoms with E-state index < -0.39 is 0 Å². The Kier molecular flexibility index (Phi) is 3.24. The lowest BCUT2D eigenvalue weighted by Gasteiger charge is -2.03. The van der Waals surface area contributed by atoms with Crippen molar-refractivity contribution in [2.75, 3.05) is 0 Å². The molecule has 0 saturated carbocycles. The van der Waals surface area contributed by atoms with Gasteiger partial charge in [0.25, 0.3) is 5.78 Å². The van der Waals surface area contributed by atoms with Crippen molar-refractivity contribution >= 4 is 21.7 Å². The normalized spacial score (nSPS) is 10.6. The van der Waals surface area contributed by atoms with Crippen LogP contribution in [0.5, 0.6) is 0 Å². The van der Waals surface area contributed by atoms with Gasteiger partial charge in [0.2, 0.25) is 0 Å². The molecule has 4 nitrogen and oxygen atoms in total. The lowest BCUT2D eigenvalue weighted by molar-refractivity contribution is 0.0994. The largest absolute Gasteiger partial charge is 0.446 e. The Balaban J connectivity index is 2.30. The van der Waals surface area contributed by atoms with Gasteiger partial charge in [-0.3, -0.25) is 4.79 Å². The minimum absolute atomic E-state index is 0.191. The van der Waals surface area contributed by atoms with Gasteiger partial charge in [0.15, 0.2) is 16.3 Å². The summed E-state index contributed by atoms with van der Waals surface area (Å²) in [6, 6.07) is 3.33. The highest BCUT2D eigenvalue weighted by molar-refractivity contribution is 9.10. The van der Waals surface area contributed by atoms with Crippen molar-refractivity contribution in [3.8, 4) is 0 Å². The number of furan rings is 1. The molecule has 2 aromatic heterocycles. The van der Waals surface area contributed by atoms with Crippen molar-refractivity contribution < 1.29 is 9.21 Å². The van der Waals surface area contributed by atoms with E-state index in [2.05, 4.69) is 27.8 Å². The molecule has 0 amide bonds. The van der Waals surface area contributed by atoms with E-state index in [1.165, 1.54) is 0 Å². The highest BCUT2D eigenvalue weighted by Gasteiger charge is 2.18. The molecule has 84 valence electrons. The molecule has 0 aliphatic heterocycles. The van der Waals surface area contributed by atoms with Crippen molar-refractivity contribution in [1.82, 2.24) is 9.55 Å². The quantitative estimate of drug-likeness (QED) is 0.810. The number of imidazole rings is 1. The minimum Gasteiger partial charge on any atom is -0.446 e. The van der Waals surface area contributed by atoms with Crippen LogP contribution < -0.4 is 0 Å². The van der Waals surface area contributed by atoms with Crippen LogP contribution in [-0.4, -0.2) is 15.3 Å². The van der Waals surface area contributed by atoms with E-state index in [0.717, 1.165) is 13.0 Å². The van der Waals surface area contributed by atoms with Gasteiger partial charge < -0.3 is 8.98 Å². The molecule has 0 N–H and O–H groups in total. The average Bonchev–Trinajstić information content (AvgIpc) is 2.87. The molecular formula is C11H11BrN2O2. The molecule has 0 radical (unpaired) electrons. The highest BCUT2D eigenvalue weighted by atomic mass is 79.9. The van der Waals surface area contributed by atoms with Gasteiger partial charge in [-0.15, -0.1) is 0 Å². The molecule has 0 aromatic carbocycles. The van der Waals surface area contributed by atoms with Crippen molar-refractivity contribution in [2.45, 2.75) is 19.9 Å². The zero-order valence-electron chi connectivity index (χ0n) is 8.81. The molecule has 0 fully saturated rings. The van der Waals surface area contributed by atoms with Crippen LogP contribution in [0.15, 0.2) is 33.6 Å². The predicted molar refractivity (Wildman–Crippen MR) is 62.4 cm³/mol. The summed E-state index contributed by atoms with van der Waals surface area (Å²) in [5.74, 6) is 0.531. The number of halogens is 1. The molecular weight excluding hydrogens is 272 g/mol. The number of hydrogen-bond acceptors (Lipinski definition) is 3. The first kappa shape index (κ1) is 11.1. The van der Waals surface area contributed by atoms with Crippen LogP contribution in [0.3, 0.4) is 0 Å². The third-order valence-corrected chi connectivity index (χ3v) is 2.61. The van der Waals surface area contributed by atoms with Crippen LogP contribution in [0.2, 0.25) is 0 Å². The summed E-state index contributed by atoms with van der Waals surface area (Å²) in [6.07, 6.45) is 4.38. The lowest BCUT2D eigenvalue weighted by atomic mass is 10.3. The fourth-order valence-electron chi connectivity index (χ4n) is 1.49. The third-order valence-electron chi connectivity index (χ3n) is 2.18. The Morgan fingerprint density at radius 3 is 3.00 bits per heavy atom. The molecule has 0 unspecified atom stereocenters. The fraction of sp³-hybridized carbons (Fsp3) is 0.273. The summed E-state index contributed by atoms with van der Waals surface area (Å²) in [6.45, 7) is 2.83. The molecule has 16 heavy (non-hydrogen) atoms. The van der Waals surface area contributed by atoms with Gasteiger partial charge in [0.1, 0.15) is 0 Å². The van der Waals surface area contributed by atoms with E-state index in [-0.39, 0.29) is 5.78 Å². The smallest absolute Gasteiger partial charge is 0.263 e. The standard InChI is InChI=1S/C11H11BrN2O2/c1-2-6-14-7-5-13-11(14)10(15)8-3-4-9(12)16-8/h3-5,7H,2,6H2,1H3. The molecule has 0 bridgehead atoms. The van der Waals surface area contributed by atoms with Crippen molar-refractivity contribution in [3.63, 3.8) is 0 Å². The van der Waals surface area contributed by atoms with Crippen LogP contribution in [0.1, 0.15) is 29.7 Å². The first-order valence-electron chi connectivity index (χ1n) is 5.03. The summed E-state index contributed by atoms with van der Waals surface area (Å²) in [5, 5.41) is 0. The van der Waals surface area contributed by atoms with Crippen molar-refractivity contribution in [3.05, 3.63) is 40.8 Å². The second-order valence-electron chi connectivity index (χ2n) is 3.38. The average molecular weight is 283 g/mol. The topological polar surface area (TPSA) is 48.0 Å². The SMILES string of the molecule is CCCn1ccnc1C(=O)c1ccc(Br)o1. The molecule has 0 spiro atoms. The summed E-state index contributed by atoms with van der Waals surface area (Å²) in [5.41, 5.74) is 0. The molecule has 2 heterocycles. The predicted octanol–water partition coefficient (Wildman–Crippen LogP) is 2.88. The van der Waals surface area contributed by atoms with Gasteiger partial charge in [-0.1, -0.05) is 6.92 Å². The molecule has 0 aliphatic carbocycles. The molecule has 2 aromatic rings. The number of ketones is 1. The van der Waals surface area contributed by atoms with Gasteiger partial charge in [-0.2, -0.15) is 0 Å². The van der Waals surface area contributed by atoms with Crippen LogP contribution in [0.25, 0.3) is 0 Å². The van der Waals surface area contributed by atoms with Crippen LogP contribution in [0, 0.1) is 0 Å². The lowest BCUT2D eigenvalue weighted by Crippen LogP contribution is -2.10. The molecule has 5 heteroatoms. The van der Waals surface area contributed by atoms with Crippen LogP contribution in [-0.2, 0) is 6.54 Å². The summed E-state index contributed by atoms with van der Waals surface area (Å²) >= 11 is 3.17. The fourth-order valence-corrected chi connectivity index (χ4v) is 1.79. The minimum atomic E-state index is -0.191. The zero-order chi connectivity index (χ0) is 11.5. The van der Waals surface area contributed by atoms with E-state index in [1.54, 1.807) is 24.5 Å². The third kappa shape index (κ3) is 2.09. The number of nitrogens with zero attached hydrogens (tertiary/aromatic N) is 2. The molecule has 0 saturated heterocycles. The zero-order valence-corrected chi connectivity index (χ0v) is 10.4. The highest BCUT2D eigenvalue weighted by Crippen LogP contribution is 2.17. The molecule has 0 aliphatic rings. The van der Waals surface area contributed by atoms with Gasteiger partial charge in [-0.05, 0) is 34.5 Å². The Labute approximate surface area is 101 Å². The summed E-state index contributed by atoms with van der Waals surface area (Å²) in [4.78, 5) is 16.1. The summed E-state index contributed by atoms with van der Waals surface area (Å²) < 4.78 is 7.59. The van der Waals surface area contributed by atoms with E-state index in [1.807, 2.05) is 4.57 Å². The number of carbonyl (C=O) groups is 1. The first-order valence-corrected chi connectivity index (χ1v) is 5.83. The second kappa shape index (κ2) is 4.65. The maximum atomic E-state index is 12.0. The Morgan fingerprint density at radius 2 is 2.38 bits per heavy atom. The first-order chi connectivity index (χ1) is 7.72. The van der Waals surface area contributed by atoms with Crippen LogP contribution in [0.4, 0.5) is 0 Å². The van der Waals surface area contributed by atoms with Crippen molar-refractivity contribution in [1.29, 1.82) is 0 Å². The maximum Gasteiger partial charge on any atom is 0.263 e. The Morgan fingerprint density at radius 1 is 1.56 bits per heavy atom. The number of aromatic nitrogens is 2. The Hall–Kier alpha value is -1.36. The monoisotopic (exact) mass is 282 g/mol. The van der Waals surface area contributed by atoms with Crippen molar-refractivity contribution in [2.24, 2.45) is 0 Å².